The Labute approximate surface area is 200 Å². The molecule has 1 aliphatic heterocycles. The Bertz CT molecular complexity index is 1350. The summed E-state index contributed by atoms with van der Waals surface area (Å²) in [5.74, 6) is 0.741. The molecule has 4 aromatic rings. The number of piperidine rings is 1. The minimum atomic E-state index is -0.385. The van der Waals surface area contributed by atoms with Crippen molar-refractivity contribution in [2.24, 2.45) is 0 Å². The van der Waals surface area contributed by atoms with Gasteiger partial charge in [-0.1, -0.05) is 17.8 Å². The molecule has 0 aromatic carbocycles. The highest BCUT2D eigenvalue weighted by Gasteiger charge is 2.28. The van der Waals surface area contributed by atoms with E-state index in [0.29, 0.717) is 41.9 Å². The third-order valence-corrected chi connectivity index (χ3v) is 5.72. The van der Waals surface area contributed by atoms with Gasteiger partial charge in [0.2, 0.25) is 17.6 Å². The van der Waals surface area contributed by atoms with E-state index in [4.69, 9.17) is 4.52 Å². The number of anilines is 1. The van der Waals surface area contributed by atoms with E-state index in [1.165, 1.54) is 6.08 Å². The van der Waals surface area contributed by atoms with E-state index in [1.807, 2.05) is 0 Å². The predicted octanol–water partition coefficient (Wildman–Crippen LogP) is 3.06. The lowest BCUT2D eigenvalue weighted by atomic mass is 9.98. The first-order valence-electron chi connectivity index (χ1n) is 11.1. The molecule has 0 aliphatic carbocycles. The van der Waals surface area contributed by atoms with Crippen molar-refractivity contribution >= 4 is 17.6 Å². The normalized spacial score (nSPS) is 15.5. The van der Waals surface area contributed by atoms with Gasteiger partial charge in [0.25, 0.3) is 5.91 Å². The number of H-pyrrole nitrogens is 1. The van der Waals surface area contributed by atoms with Gasteiger partial charge in [0, 0.05) is 31.0 Å². The van der Waals surface area contributed by atoms with Crippen molar-refractivity contribution in [3.63, 3.8) is 0 Å². The van der Waals surface area contributed by atoms with Gasteiger partial charge in [0.15, 0.2) is 0 Å². The van der Waals surface area contributed by atoms with Gasteiger partial charge in [-0.15, -0.1) is 0 Å². The molecule has 11 nitrogen and oxygen atoms in total. The molecule has 1 aliphatic rings. The fourth-order valence-corrected chi connectivity index (χ4v) is 3.92. The second-order valence-electron chi connectivity index (χ2n) is 8.05. The number of nitrogens with one attached hydrogen (secondary N) is 2. The molecule has 35 heavy (non-hydrogen) atoms. The summed E-state index contributed by atoms with van der Waals surface area (Å²) in [5.41, 5.74) is 2.23. The SMILES string of the molecule is C=CC(=O)N1CCCC(c2nc(-c3ccc(NC(=O)c4cccc(-c5ccn[nH]5)n4)nc3)no2)C1. The van der Waals surface area contributed by atoms with Crippen LogP contribution in [0.1, 0.15) is 35.1 Å². The van der Waals surface area contributed by atoms with Gasteiger partial charge in [0.05, 0.1) is 17.3 Å². The summed E-state index contributed by atoms with van der Waals surface area (Å²) in [5, 5.41) is 13.5. The Morgan fingerprint density at radius 2 is 2.11 bits per heavy atom. The predicted molar refractivity (Wildman–Crippen MR) is 126 cm³/mol. The number of pyridine rings is 2. The number of likely N-dealkylation sites (tertiary alicyclic amines) is 1. The van der Waals surface area contributed by atoms with Gasteiger partial charge >= 0.3 is 0 Å². The van der Waals surface area contributed by atoms with Crippen LogP contribution in [0, 0.1) is 0 Å². The van der Waals surface area contributed by atoms with E-state index >= 15 is 0 Å². The molecule has 0 spiro atoms. The fraction of sp³-hybridized carbons (Fsp3) is 0.208. The lowest BCUT2D eigenvalue weighted by Crippen LogP contribution is -2.38. The second-order valence-corrected chi connectivity index (χ2v) is 8.05. The highest BCUT2D eigenvalue weighted by molar-refractivity contribution is 6.02. The maximum Gasteiger partial charge on any atom is 0.275 e. The molecule has 0 saturated carbocycles. The zero-order chi connectivity index (χ0) is 24.2. The summed E-state index contributed by atoms with van der Waals surface area (Å²) in [4.78, 5) is 39.5. The molecule has 11 heteroatoms. The first-order valence-corrected chi connectivity index (χ1v) is 11.1. The van der Waals surface area contributed by atoms with E-state index in [2.05, 4.69) is 42.2 Å². The fourth-order valence-electron chi connectivity index (χ4n) is 3.92. The summed E-state index contributed by atoms with van der Waals surface area (Å²) in [7, 11) is 0. The summed E-state index contributed by atoms with van der Waals surface area (Å²) >= 11 is 0. The quantitative estimate of drug-likeness (QED) is 0.409. The average molecular weight is 470 g/mol. The van der Waals surface area contributed by atoms with Crippen molar-refractivity contribution in [3.8, 4) is 22.8 Å². The highest BCUT2D eigenvalue weighted by atomic mass is 16.5. The zero-order valence-electron chi connectivity index (χ0n) is 18.7. The maximum atomic E-state index is 12.7. The van der Waals surface area contributed by atoms with E-state index in [-0.39, 0.29) is 23.4 Å². The molecule has 2 amide bonds. The van der Waals surface area contributed by atoms with Gasteiger partial charge < -0.3 is 14.7 Å². The highest BCUT2D eigenvalue weighted by Crippen LogP contribution is 2.28. The van der Waals surface area contributed by atoms with Crippen LogP contribution in [-0.4, -0.2) is 60.1 Å². The molecule has 0 bridgehead atoms. The second kappa shape index (κ2) is 9.67. The molecule has 1 saturated heterocycles. The summed E-state index contributed by atoms with van der Waals surface area (Å²) in [6, 6.07) is 10.4. The standard InChI is InChI=1S/C24H22N8O3/c1-2-21(33)32-12-4-5-16(14-32)24-29-22(31-35-24)15-8-9-20(25-13-15)28-23(34)19-7-3-6-17(27-19)18-10-11-26-30-18/h2-3,6-11,13,16H,1,4-5,12,14H2,(H,26,30)(H,25,28,34). The first-order chi connectivity index (χ1) is 17.1. The van der Waals surface area contributed by atoms with Crippen molar-refractivity contribution in [1.29, 1.82) is 0 Å². The van der Waals surface area contributed by atoms with E-state index in [1.54, 1.807) is 53.7 Å². The van der Waals surface area contributed by atoms with Crippen molar-refractivity contribution in [2.75, 3.05) is 18.4 Å². The number of carbonyl (C=O) groups excluding carboxylic acids is 2. The zero-order valence-corrected chi connectivity index (χ0v) is 18.7. The molecule has 4 aromatic heterocycles. The Hall–Kier alpha value is -4.67. The summed E-state index contributed by atoms with van der Waals surface area (Å²) in [6.07, 6.45) is 6.22. The lowest BCUT2D eigenvalue weighted by Gasteiger charge is -2.30. The van der Waals surface area contributed by atoms with Crippen LogP contribution in [0.3, 0.4) is 0 Å². The van der Waals surface area contributed by atoms with Crippen LogP contribution in [0.15, 0.2) is 66.0 Å². The van der Waals surface area contributed by atoms with Gasteiger partial charge in [0.1, 0.15) is 11.5 Å². The van der Waals surface area contributed by atoms with Crippen LogP contribution in [0.5, 0.6) is 0 Å². The van der Waals surface area contributed by atoms with Crippen molar-refractivity contribution in [1.82, 2.24) is 35.2 Å². The molecule has 1 fully saturated rings. The maximum absolute atomic E-state index is 12.7. The van der Waals surface area contributed by atoms with Crippen LogP contribution >= 0.6 is 0 Å². The topological polar surface area (TPSA) is 143 Å². The van der Waals surface area contributed by atoms with Crippen molar-refractivity contribution in [3.05, 3.63) is 73.0 Å². The van der Waals surface area contributed by atoms with Crippen LogP contribution in [0.4, 0.5) is 5.82 Å². The van der Waals surface area contributed by atoms with E-state index in [0.717, 1.165) is 18.5 Å². The number of carbonyl (C=O) groups is 2. The third kappa shape index (κ3) is 4.83. The number of hydrogen-bond donors (Lipinski definition) is 2. The Balaban J connectivity index is 1.25. The van der Waals surface area contributed by atoms with Crippen LogP contribution in [0.25, 0.3) is 22.8 Å². The summed E-state index contributed by atoms with van der Waals surface area (Å²) < 4.78 is 5.48. The average Bonchev–Trinajstić information content (AvgIpc) is 3.62. The Morgan fingerprint density at radius 3 is 2.89 bits per heavy atom. The number of nitrogens with zero attached hydrogens (tertiary/aromatic N) is 6. The number of aromatic amines is 1. The largest absolute Gasteiger partial charge is 0.339 e. The van der Waals surface area contributed by atoms with Gasteiger partial charge in [-0.2, -0.15) is 10.1 Å². The molecule has 1 unspecified atom stereocenters. The number of amides is 2. The molecular weight excluding hydrogens is 448 g/mol. The lowest BCUT2D eigenvalue weighted by molar-refractivity contribution is -0.127. The van der Waals surface area contributed by atoms with Crippen LogP contribution in [0.2, 0.25) is 0 Å². The minimum Gasteiger partial charge on any atom is -0.339 e. The Kier molecular flexibility index (Phi) is 6.12. The third-order valence-electron chi connectivity index (χ3n) is 5.72. The monoisotopic (exact) mass is 470 g/mol. The molecular formula is C24H22N8O3. The minimum absolute atomic E-state index is 0.0227. The number of aromatic nitrogens is 6. The van der Waals surface area contributed by atoms with E-state index in [9.17, 15) is 9.59 Å². The van der Waals surface area contributed by atoms with Gasteiger partial charge in [-0.05, 0) is 49.2 Å². The summed E-state index contributed by atoms with van der Waals surface area (Å²) in [6.45, 7) is 4.77. The molecule has 2 N–H and O–H groups in total. The van der Waals surface area contributed by atoms with Crippen molar-refractivity contribution in [2.45, 2.75) is 18.8 Å². The van der Waals surface area contributed by atoms with Crippen LogP contribution in [-0.2, 0) is 4.79 Å². The number of hydrogen-bond acceptors (Lipinski definition) is 8. The van der Waals surface area contributed by atoms with Crippen molar-refractivity contribution < 1.29 is 14.1 Å². The van der Waals surface area contributed by atoms with Gasteiger partial charge in [-0.3, -0.25) is 14.7 Å². The molecule has 1 atom stereocenters. The molecule has 176 valence electrons. The van der Waals surface area contributed by atoms with E-state index < -0.39 is 0 Å². The molecule has 0 radical (unpaired) electrons. The Morgan fingerprint density at radius 1 is 1.20 bits per heavy atom. The van der Waals surface area contributed by atoms with Gasteiger partial charge in [-0.25, -0.2) is 9.97 Å². The molecule has 5 rings (SSSR count). The molecule has 5 heterocycles. The first kappa shape index (κ1) is 22.1. The number of rotatable bonds is 6. The smallest absolute Gasteiger partial charge is 0.275 e. The van der Waals surface area contributed by atoms with Crippen LogP contribution < -0.4 is 5.32 Å².